The fourth-order valence-corrected chi connectivity index (χ4v) is 1.95. The molecule has 1 aromatic rings. The first kappa shape index (κ1) is 14.4. The summed E-state index contributed by atoms with van der Waals surface area (Å²) in [6.45, 7) is 2.95. The van der Waals surface area contributed by atoms with E-state index in [0.29, 0.717) is 0 Å². The van der Waals surface area contributed by atoms with Gasteiger partial charge in [0.1, 0.15) is 11.6 Å². The molecule has 0 aliphatic heterocycles. The molecular formula is C11H15FN2O3S. The van der Waals surface area contributed by atoms with Crippen LogP contribution in [0.4, 0.5) is 15.8 Å². The molecule has 0 aromatic heterocycles. The average Bonchev–Trinajstić information content (AvgIpc) is 2.22. The Morgan fingerprint density at radius 2 is 2.06 bits per heavy atom. The predicted molar refractivity (Wildman–Crippen MR) is 68.4 cm³/mol. The van der Waals surface area contributed by atoms with Gasteiger partial charge in [0.05, 0.1) is 10.9 Å². The normalized spacial score (nSPS) is 11.6. The van der Waals surface area contributed by atoms with Crippen LogP contribution in [0.5, 0.6) is 0 Å². The van der Waals surface area contributed by atoms with Gasteiger partial charge in [-0.15, -0.1) is 0 Å². The van der Waals surface area contributed by atoms with Crippen molar-refractivity contribution < 1.29 is 17.6 Å². The quantitative estimate of drug-likeness (QED) is 0.806. The van der Waals surface area contributed by atoms with Crippen molar-refractivity contribution in [1.29, 1.82) is 0 Å². The largest absolute Gasteiger partial charge is 0.399 e. The van der Waals surface area contributed by atoms with E-state index in [0.717, 1.165) is 6.07 Å². The SMILES string of the molecule is CC(C)S(=O)(=O)CC(=O)Nc1cc(N)ccc1F. The summed E-state index contributed by atoms with van der Waals surface area (Å²) in [5.74, 6) is -2.13. The van der Waals surface area contributed by atoms with E-state index in [2.05, 4.69) is 5.32 Å². The highest BCUT2D eigenvalue weighted by Gasteiger charge is 2.21. The second-order valence-electron chi connectivity index (χ2n) is 4.14. The maximum Gasteiger partial charge on any atom is 0.239 e. The van der Waals surface area contributed by atoms with E-state index in [1.54, 1.807) is 0 Å². The summed E-state index contributed by atoms with van der Waals surface area (Å²) in [4.78, 5) is 11.5. The number of benzene rings is 1. The Morgan fingerprint density at radius 1 is 1.44 bits per heavy atom. The number of nitrogens with two attached hydrogens (primary N) is 1. The van der Waals surface area contributed by atoms with Crippen molar-refractivity contribution >= 4 is 27.1 Å². The van der Waals surface area contributed by atoms with E-state index in [1.165, 1.54) is 26.0 Å². The fraction of sp³-hybridized carbons (Fsp3) is 0.364. The van der Waals surface area contributed by atoms with Gasteiger partial charge in [-0.3, -0.25) is 4.79 Å². The Labute approximate surface area is 105 Å². The van der Waals surface area contributed by atoms with Crippen molar-refractivity contribution in [2.24, 2.45) is 0 Å². The Bertz CT molecular complexity index is 555. The average molecular weight is 274 g/mol. The highest BCUT2D eigenvalue weighted by molar-refractivity contribution is 7.92. The number of rotatable bonds is 4. The molecule has 3 N–H and O–H groups in total. The van der Waals surface area contributed by atoms with Crippen LogP contribution in [0.15, 0.2) is 18.2 Å². The van der Waals surface area contributed by atoms with Crippen molar-refractivity contribution in [1.82, 2.24) is 0 Å². The predicted octanol–water partition coefficient (Wildman–Crippen LogP) is 1.17. The van der Waals surface area contributed by atoms with Crippen LogP contribution in [-0.4, -0.2) is 25.3 Å². The van der Waals surface area contributed by atoms with Gasteiger partial charge in [-0.25, -0.2) is 12.8 Å². The number of sulfone groups is 1. The molecule has 0 aliphatic rings. The lowest BCUT2D eigenvalue weighted by Crippen LogP contribution is -2.28. The summed E-state index contributed by atoms with van der Waals surface area (Å²) in [5.41, 5.74) is 5.59. The molecule has 1 aromatic carbocycles. The molecule has 0 saturated heterocycles. The van der Waals surface area contributed by atoms with Crippen LogP contribution in [0.1, 0.15) is 13.8 Å². The third-order valence-corrected chi connectivity index (χ3v) is 4.42. The first-order valence-corrected chi connectivity index (χ1v) is 7.00. The van der Waals surface area contributed by atoms with Gasteiger partial charge >= 0.3 is 0 Å². The van der Waals surface area contributed by atoms with Crippen molar-refractivity contribution in [2.45, 2.75) is 19.1 Å². The van der Waals surface area contributed by atoms with Crippen LogP contribution < -0.4 is 11.1 Å². The zero-order valence-corrected chi connectivity index (χ0v) is 10.9. The van der Waals surface area contributed by atoms with Crippen LogP contribution in [0.25, 0.3) is 0 Å². The highest BCUT2D eigenvalue weighted by atomic mass is 32.2. The summed E-state index contributed by atoms with van der Waals surface area (Å²) in [7, 11) is -3.51. The molecule has 5 nitrogen and oxygen atoms in total. The molecule has 1 amide bonds. The van der Waals surface area contributed by atoms with Gasteiger partial charge in [0.25, 0.3) is 0 Å². The summed E-state index contributed by atoms with van der Waals surface area (Å²) in [5, 5.41) is 1.53. The highest BCUT2D eigenvalue weighted by Crippen LogP contribution is 2.17. The molecule has 0 fully saturated rings. The number of anilines is 2. The van der Waals surface area contributed by atoms with Gasteiger partial charge in [-0.05, 0) is 32.0 Å². The Morgan fingerprint density at radius 3 is 2.61 bits per heavy atom. The third kappa shape index (κ3) is 3.69. The van der Waals surface area contributed by atoms with Crippen molar-refractivity contribution in [3.8, 4) is 0 Å². The third-order valence-electron chi connectivity index (χ3n) is 2.32. The van der Waals surface area contributed by atoms with Gasteiger partial charge in [-0.2, -0.15) is 0 Å². The van der Waals surface area contributed by atoms with Gasteiger partial charge in [-0.1, -0.05) is 0 Å². The van der Waals surface area contributed by atoms with Gasteiger partial charge < -0.3 is 11.1 Å². The molecule has 0 saturated carbocycles. The van der Waals surface area contributed by atoms with Crippen molar-refractivity contribution in [3.05, 3.63) is 24.0 Å². The molecule has 0 unspecified atom stereocenters. The van der Waals surface area contributed by atoms with E-state index in [1.807, 2.05) is 0 Å². The number of hydrogen-bond donors (Lipinski definition) is 2. The molecule has 0 radical (unpaired) electrons. The summed E-state index contributed by atoms with van der Waals surface area (Å²) < 4.78 is 36.3. The first-order valence-electron chi connectivity index (χ1n) is 5.29. The lowest BCUT2D eigenvalue weighted by atomic mass is 10.2. The topological polar surface area (TPSA) is 89.3 Å². The molecular weight excluding hydrogens is 259 g/mol. The van der Waals surface area contributed by atoms with Crippen LogP contribution in [-0.2, 0) is 14.6 Å². The molecule has 18 heavy (non-hydrogen) atoms. The van der Waals surface area contributed by atoms with Gasteiger partial charge in [0, 0.05) is 5.69 Å². The van der Waals surface area contributed by atoms with Crippen LogP contribution >= 0.6 is 0 Å². The van der Waals surface area contributed by atoms with E-state index < -0.39 is 32.6 Å². The zero-order valence-electron chi connectivity index (χ0n) is 10.1. The number of halogens is 1. The molecule has 7 heteroatoms. The van der Waals surface area contributed by atoms with Gasteiger partial charge in [0.2, 0.25) is 5.91 Å². The van der Waals surface area contributed by atoms with Gasteiger partial charge in [0.15, 0.2) is 9.84 Å². The number of nitrogen functional groups attached to an aromatic ring is 1. The standard InChI is InChI=1S/C11H15FN2O3S/c1-7(2)18(16,17)6-11(15)14-10-5-8(13)3-4-9(10)12/h3-5,7H,6,13H2,1-2H3,(H,14,15). The molecule has 0 spiro atoms. The number of hydrogen-bond acceptors (Lipinski definition) is 4. The second kappa shape index (κ2) is 5.34. The Balaban J connectivity index is 2.80. The van der Waals surface area contributed by atoms with Crippen LogP contribution in [0.3, 0.4) is 0 Å². The number of amides is 1. The molecule has 1 rings (SSSR count). The second-order valence-corrected chi connectivity index (χ2v) is 6.70. The molecule has 0 bridgehead atoms. The lowest BCUT2D eigenvalue weighted by molar-refractivity contribution is -0.113. The number of carbonyl (C=O) groups excluding carboxylic acids is 1. The van der Waals surface area contributed by atoms with E-state index in [9.17, 15) is 17.6 Å². The Kier molecular flexibility index (Phi) is 4.28. The maximum absolute atomic E-state index is 13.3. The van der Waals surface area contributed by atoms with Crippen LogP contribution in [0, 0.1) is 5.82 Å². The summed E-state index contributed by atoms with van der Waals surface area (Å²) in [6, 6.07) is 3.67. The lowest BCUT2D eigenvalue weighted by Gasteiger charge is -2.09. The maximum atomic E-state index is 13.3. The minimum Gasteiger partial charge on any atom is -0.399 e. The first-order chi connectivity index (χ1) is 8.22. The minimum absolute atomic E-state index is 0.126. The van der Waals surface area contributed by atoms with E-state index >= 15 is 0 Å². The summed E-state index contributed by atoms with van der Waals surface area (Å²) >= 11 is 0. The molecule has 0 aliphatic carbocycles. The number of carbonyl (C=O) groups is 1. The van der Waals surface area contributed by atoms with Crippen molar-refractivity contribution in [2.75, 3.05) is 16.8 Å². The smallest absolute Gasteiger partial charge is 0.239 e. The van der Waals surface area contributed by atoms with Crippen LogP contribution in [0.2, 0.25) is 0 Å². The molecule has 0 atom stereocenters. The molecule has 100 valence electrons. The monoisotopic (exact) mass is 274 g/mol. The summed E-state index contributed by atoms with van der Waals surface area (Å²) in [6.07, 6.45) is 0. The zero-order chi connectivity index (χ0) is 13.9. The Hall–Kier alpha value is -1.63. The fourth-order valence-electron chi connectivity index (χ4n) is 1.17. The van der Waals surface area contributed by atoms with Crippen molar-refractivity contribution in [3.63, 3.8) is 0 Å². The number of nitrogens with one attached hydrogen (secondary N) is 1. The molecule has 0 heterocycles. The van der Waals surface area contributed by atoms with E-state index in [4.69, 9.17) is 5.73 Å². The van der Waals surface area contributed by atoms with E-state index in [-0.39, 0.29) is 11.4 Å². The minimum atomic E-state index is -3.51.